The summed E-state index contributed by atoms with van der Waals surface area (Å²) >= 11 is 3.22. The smallest absolute Gasteiger partial charge is 0.0534 e. The number of hydrogen-bond donors (Lipinski definition) is 0. The van der Waals surface area contributed by atoms with Crippen LogP contribution in [0, 0.1) is 0 Å². The van der Waals surface area contributed by atoms with Crippen LogP contribution in [0.5, 0.6) is 0 Å². The Labute approximate surface area is 42.4 Å². The van der Waals surface area contributed by atoms with Crippen molar-refractivity contribution in [1.29, 1.82) is 0 Å². The van der Waals surface area contributed by atoms with Crippen LogP contribution >= 0.6 is 15.9 Å². The molecule has 0 unspecified atom stereocenters. The molecule has 5 heavy (non-hydrogen) atoms. The molecular weight excluding hydrogens is 128 g/mol. The third-order valence-corrected chi connectivity index (χ3v) is 0.734. The fourth-order valence-electron chi connectivity index (χ4n) is 0.0630. The van der Waals surface area contributed by atoms with Crippen molar-refractivity contribution in [3.05, 3.63) is 12.6 Å². The van der Waals surface area contributed by atoms with E-state index in [1.807, 2.05) is 0 Å². The first-order chi connectivity index (χ1) is 2.91. The number of halogens is 1. The maximum absolute atomic E-state index is 6.50. The molecule has 0 N–H and O–H groups in total. The zero-order chi connectivity index (χ0) is 4.83. The quantitative estimate of drug-likeness (QED) is 0.402. The van der Waals surface area contributed by atoms with Gasteiger partial charge in [0, 0.05) is 5.33 Å². The fourth-order valence-corrected chi connectivity index (χ4v) is 0.327. The van der Waals surface area contributed by atoms with Gasteiger partial charge in [0.1, 0.15) is 0 Å². The van der Waals surface area contributed by atoms with Crippen molar-refractivity contribution in [2.75, 3.05) is 5.33 Å². The monoisotopic (exact) mass is 135 g/mol. The number of alkyl halides is 1. The molecule has 1 heteroatoms. The molecule has 0 amide bonds. The Morgan fingerprint density at radius 1 is 2.20 bits per heavy atom. The second-order valence-electron chi connectivity index (χ2n) is 0.713. The standard InChI is InChI=1S/C4H7Br/c1-2-3-4-5/h2H,1,3-4H2/i1D. The minimum Gasteiger partial charge on any atom is -0.103 e. The number of hydrogen-bond acceptors (Lipinski definition) is 0. The molecule has 0 aliphatic carbocycles. The van der Waals surface area contributed by atoms with Gasteiger partial charge in [-0.05, 0) is 6.42 Å². The average molecular weight is 136 g/mol. The minimum atomic E-state index is 0.961. The molecule has 0 bridgehead atoms. The highest BCUT2D eigenvalue weighted by Crippen LogP contribution is 1.84. The largest absolute Gasteiger partial charge is 0.103 e. The maximum atomic E-state index is 6.50. The normalized spacial score (nSPS) is 12.6. The van der Waals surface area contributed by atoms with Crippen molar-refractivity contribution < 1.29 is 1.37 Å². The van der Waals surface area contributed by atoms with E-state index in [-0.39, 0.29) is 0 Å². The van der Waals surface area contributed by atoms with Gasteiger partial charge in [-0.25, -0.2) is 0 Å². The molecule has 0 fully saturated rings. The van der Waals surface area contributed by atoms with Crippen LogP contribution in [0.1, 0.15) is 7.79 Å². The van der Waals surface area contributed by atoms with E-state index in [0.29, 0.717) is 0 Å². The summed E-state index contributed by atoms with van der Waals surface area (Å²) in [6.07, 6.45) is 2.76. The van der Waals surface area contributed by atoms with Crippen LogP contribution in [0.3, 0.4) is 0 Å². The van der Waals surface area contributed by atoms with Crippen LogP contribution in [0.2, 0.25) is 0 Å². The molecule has 0 aromatic carbocycles. The Morgan fingerprint density at radius 3 is 3.20 bits per heavy atom. The molecule has 0 nitrogen and oxygen atoms in total. The third-order valence-electron chi connectivity index (χ3n) is 0.276. The lowest BCUT2D eigenvalue weighted by Gasteiger charge is -1.71. The van der Waals surface area contributed by atoms with Crippen molar-refractivity contribution in [3.63, 3.8) is 0 Å². The highest BCUT2D eigenvalue weighted by Gasteiger charge is 1.63. The van der Waals surface area contributed by atoms with Gasteiger partial charge < -0.3 is 0 Å². The van der Waals surface area contributed by atoms with E-state index in [1.54, 1.807) is 6.08 Å². The van der Waals surface area contributed by atoms with E-state index in [1.165, 1.54) is 6.55 Å². The fraction of sp³-hybridized carbons (Fsp3) is 0.500. The lowest BCUT2D eigenvalue weighted by molar-refractivity contribution is 1.27. The molecule has 0 aliphatic heterocycles. The molecule has 0 heterocycles. The summed E-state index contributed by atoms with van der Waals surface area (Å²) in [5.41, 5.74) is 0. The summed E-state index contributed by atoms with van der Waals surface area (Å²) in [6.45, 7) is 1.31. The summed E-state index contributed by atoms with van der Waals surface area (Å²) in [7, 11) is 0. The predicted molar refractivity (Wildman–Crippen MR) is 28.6 cm³/mol. The molecule has 0 rings (SSSR count). The van der Waals surface area contributed by atoms with Crippen LogP contribution < -0.4 is 0 Å². The van der Waals surface area contributed by atoms with Crippen LogP contribution in [0.25, 0.3) is 0 Å². The lowest BCUT2D eigenvalue weighted by atomic mass is 10.5. The second-order valence-corrected chi connectivity index (χ2v) is 1.51. The SMILES string of the molecule is [2H]C=CCCBr. The first-order valence-electron chi connectivity index (χ1n) is 2.09. The third kappa shape index (κ3) is 4.22. The second kappa shape index (κ2) is 4.22. The topological polar surface area (TPSA) is 0 Å². The Bertz CT molecular complexity index is 42.8. The molecule has 0 saturated heterocycles. The Balaban J connectivity index is 2.66. The van der Waals surface area contributed by atoms with E-state index >= 15 is 0 Å². The summed E-state index contributed by atoms with van der Waals surface area (Å²) in [6, 6.07) is 0. The van der Waals surface area contributed by atoms with Gasteiger partial charge in [-0.2, -0.15) is 0 Å². The highest BCUT2D eigenvalue weighted by molar-refractivity contribution is 9.09. The Morgan fingerprint density at radius 2 is 3.00 bits per heavy atom. The number of rotatable bonds is 2. The zero-order valence-electron chi connectivity index (χ0n) is 3.95. The number of allylic oxidation sites excluding steroid dienone is 1. The molecule has 0 spiro atoms. The van der Waals surface area contributed by atoms with E-state index in [0.717, 1.165) is 11.8 Å². The average Bonchev–Trinajstić information content (AvgIpc) is 1.61. The van der Waals surface area contributed by atoms with Crippen LogP contribution in [-0.2, 0) is 0 Å². The predicted octanol–water partition coefficient (Wildman–Crippen LogP) is 1.96. The van der Waals surface area contributed by atoms with Crippen LogP contribution in [0.4, 0.5) is 0 Å². The molecule has 0 aromatic rings. The van der Waals surface area contributed by atoms with Crippen molar-refractivity contribution in [1.82, 2.24) is 0 Å². The van der Waals surface area contributed by atoms with Gasteiger partial charge in [-0.15, -0.1) is 6.55 Å². The van der Waals surface area contributed by atoms with Crippen LogP contribution in [0.15, 0.2) is 12.6 Å². The first kappa shape index (κ1) is 3.41. The summed E-state index contributed by atoms with van der Waals surface area (Å²) < 4.78 is 6.50. The van der Waals surface area contributed by atoms with Gasteiger partial charge in [0.2, 0.25) is 0 Å². The van der Waals surface area contributed by atoms with Crippen molar-refractivity contribution in [2.45, 2.75) is 6.42 Å². The zero-order valence-corrected chi connectivity index (χ0v) is 4.53. The van der Waals surface area contributed by atoms with Crippen molar-refractivity contribution >= 4 is 15.9 Å². The molecule has 0 atom stereocenters. The van der Waals surface area contributed by atoms with E-state index in [4.69, 9.17) is 1.37 Å². The molecular formula is C4H7Br. The molecule has 30 valence electrons. The molecule has 0 aromatic heterocycles. The first-order valence-corrected chi connectivity index (χ1v) is 2.63. The maximum Gasteiger partial charge on any atom is 0.0534 e. The summed E-state index contributed by atoms with van der Waals surface area (Å²) in [4.78, 5) is 0. The molecule has 0 aliphatic rings. The minimum absolute atomic E-state index is 0.961. The van der Waals surface area contributed by atoms with E-state index in [2.05, 4.69) is 15.9 Å². The Kier molecular flexibility index (Phi) is 2.88. The lowest BCUT2D eigenvalue weighted by Crippen LogP contribution is -1.58. The van der Waals surface area contributed by atoms with Gasteiger partial charge in [-0.3, -0.25) is 0 Å². The van der Waals surface area contributed by atoms with Gasteiger partial charge in [0.25, 0.3) is 0 Å². The van der Waals surface area contributed by atoms with Crippen molar-refractivity contribution in [2.24, 2.45) is 0 Å². The van der Waals surface area contributed by atoms with Gasteiger partial charge >= 0.3 is 0 Å². The van der Waals surface area contributed by atoms with Gasteiger partial charge in [0.15, 0.2) is 0 Å². The highest BCUT2D eigenvalue weighted by atomic mass is 79.9. The van der Waals surface area contributed by atoms with Gasteiger partial charge in [0.05, 0.1) is 1.37 Å². The van der Waals surface area contributed by atoms with E-state index < -0.39 is 0 Å². The summed E-state index contributed by atoms with van der Waals surface area (Å²) in [5.74, 6) is 0. The summed E-state index contributed by atoms with van der Waals surface area (Å²) in [5, 5.41) is 0.961. The molecule has 0 radical (unpaired) electrons. The Hall–Kier alpha value is 0.220. The van der Waals surface area contributed by atoms with Gasteiger partial charge in [-0.1, -0.05) is 22.0 Å². The molecule has 0 saturated carbocycles. The van der Waals surface area contributed by atoms with Crippen molar-refractivity contribution in [3.8, 4) is 0 Å². The van der Waals surface area contributed by atoms with E-state index in [9.17, 15) is 0 Å². The van der Waals surface area contributed by atoms with Crippen LogP contribution in [-0.4, -0.2) is 5.33 Å².